The predicted molar refractivity (Wildman–Crippen MR) is 55.5 cm³/mol. The second-order valence-electron chi connectivity index (χ2n) is 3.92. The third-order valence-electron chi connectivity index (χ3n) is 1.83. The molecule has 1 rings (SSSR count). The fraction of sp³-hybridized carbons (Fsp3) is 0.455. The Hall–Kier alpha value is -0.900. The minimum absolute atomic E-state index is 0.0434. The predicted octanol–water partition coefficient (Wildman–Crippen LogP) is 1.48. The number of nitrogens with one attached hydrogen (secondary N) is 1. The summed E-state index contributed by atoms with van der Waals surface area (Å²) in [6.45, 7) is 4.29. The molecular weight excluding hydrogens is 178 g/mol. The molecule has 0 saturated carbocycles. The van der Waals surface area contributed by atoms with E-state index < -0.39 is 5.54 Å². The fourth-order valence-corrected chi connectivity index (χ4v) is 0.921. The average molecular weight is 195 g/mol. The summed E-state index contributed by atoms with van der Waals surface area (Å²) in [5.41, 5.74) is 3.52. The lowest BCUT2D eigenvalue weighted by Crippen LogP contribution is -2.42. The molecule has 0 atom stereocenters. The van der Waals surface area contributed by atoms with E-state index in [1.807, 2.05) is 44.2 Å². The molecule has 0 aliphatic carbocycles. The first-order valence-electron chi connectivity index (χ1n) is 4.68. The highest BCUT2D eigenvalue weighted by atomic mass is 16.6. The molecule has 0 aliphatic rings. The Kier molecular flexibility index (Phi) is 4.07. The maximum absolute atomic E-state index is 8.95. The molecule has 0 spiro atoms. The number of hydroxylamine groups is 1. The summed E-state index contributed by atoms with van der Waals surface area (Å²) >= 11 is 0. The summed E-state index contributed by atoms with van der Waals surface area (Å²) in [6, 6.07) is 9.89. The molecule has 2 N–H and O–H groups in total. The molecule has 1 aromatic carbocycles. The highest BCUT2D eigenvalue weighted by molar-refractivity contribution is 5.13. The van der Waals surface area contributed by atoms with Crippen molar-refractivity contribution in [1.82, 2.24) is 5.48 Å². The van der Waals surface area contributed by atoms with Crippen LogP contribution in [0, 0.1) is 0 Å². The Labute approximate surface area is 84.7 Å². The van der Waals surface area contributed by atoms with Crippen molar-refractivity contribution in [3.05, 3.63) is 35.9 Å². The SMILES string of the molecule is CC(C)(CO)NOCc1ccccc1. The van der Waals surface area contributed by atoms with Gasteiger partial charge < -0.3 is 5.11 Å². The van der Waals surface area contributed by atoms with Gasteiger partial charge in [0.25, 0.3) is 0 Å². The Balaban J connectivity index is 2.29. The molecule has 0 aromatic heterocycles. The molecule has 0 amide bonds. The maximum Gasteiger partial charge on any atom is 0.0933 e. The summed E-state index contributed by atoms with van der Waals surface area (Å²) in [6.07, 6.45) is 0. The maximum atomic E-state index is 8.95. The largest absolute Gasteiger partial charge is 0.394 e. The normalized spacial score (nSPS) is 11.6. The lowest BCUT2D eigenvalue weighted by atomic mass is 10.1. The molecule has 78 valence electrons. The van der Waals surface area contributed by atoms with Crippen molar-refractivity contribution in [2.75, 3.05) is 6.61 Å². The average Bonchev–Trinajstić information content (AvgIpc) is 2.19. The summed E-state index contributed by atoms with van der Waals surface area (Å²) in [4.78, 5) is 5.27. The van der Waals surface area contributed by atoms with Crippen LogP contribution in [0.15, 0.2) is 30.3 Å². The highest BCUT2D eigenvalue weighted by Crippen LogP contribution is 2.03. The molecule has 1 aromatic rings. The van der Waals surface area contributed by atoms with E-state index in [4.69, 9.17) is 9.94 Å². The van der Waals surface area contributed by atoms with Crippen LogP contribution >= 0.6 is 0 Å². The van der Waals surface area contributed by atoms with Crippen molar-refractivity contribution in [2.45, 2.75) is 26.0 Å². The van der Waals surface area contributed by atoms with E-state index >= 15 is 0 Å². The minimum Gasteiger partial charge on any atom is -0.394 e. The zero-order valence-electron chi connectivity index (χ0n) is 8.66. The molecule has 0 saturated heterocycles. The van der Waals surface area contributed by atoms with Crippen molar-refractivity contribution >= 4 is 0 Å². The summed E-state index contributed by atoms with van der Waals surface area (Å²) in [7, 11) is 0. The summed E-state index contributed by atoms with van der Waals surface area (Å²) < 4.78 is 0. The van der Waals surface area contributed by atoms with E-state index in [-0.39, 0.29) is 6.61 Å². The first-order valence-corrected chi connectivity index (χ1v) is 4.68. The van der Waals surface area contributed by atoms with E-state index in [9.17, 15) is 0 Å². The standard InChI is InChI=1S/C11H17NO2/c1-11(2,9-13)12-14-8-10-6-4-3-5-7-10/h3-7,12-13H,8-9H2,1-2H3. The van der Waals surface area contributed by atoms with Crippen molar-refractivity contribution in [1.29, 1.82) is 0 Å². The van der Waals surface area contributed by atoms with Crippen LogP contribution in [-0.2, 0) is 11.4 Å². The lowest BCUT2D eigenvalue weighted by Gasteiger charge is -2.22. The minimum atomic E-state index is -0.394. The monoisotopic (exact) mass is 195 g/mol. The van der Waals surface area contributed by atoms with Crippen LogP contribution in [0.5, 0.6) is 0 Å². The van der Waals surface area contributed by atoms with Crippen LogP contribution in [0.25, 0.3) is 0 Å². The molecule has 3 heteroatoms. The second-order valence-corrected chi connectivity index (χ2v) is 3.92. The lowest BCUT2D eigenvalue weighted by molar-refractivity contribution is -0.0398. The van der Waals surface area contributed by atoms with Gasteiger partial charge in [-0.1, -0.05) is 30.3 Å². The third-order valence-corrected chi connectivity index (χ3v) is 1.83. The van der Waals surface area contributed by atoms with Gasteiger partial charge in [0.1, 0.15) is 0 Å². The molecule has 0 unspecified atom stereocenters. The van der Waals surface area contributed by atoms with Crippen molar-refractivity contribution in [2.24, 2.45) is 0 Å². The smallest absolute Gasteiger partial charge is 0.0933 e. The van der Waals surface area contributed by atoms with Crippen LogP contribution < -0.4 is 5.48 Å². The number of benzene rings is 1. The number of aliphatic hydroxyl groups is 1. The first kappa shape index (κ1) is 11.2. The molecular formula is C11H17NO2. The molecule has 0 fully saturated rings. The summed E-state index contributed by atoms with van der Waals surface area (Å²) in [5.74, 6) is 0. The molecule has 0 radical (unpaired) electrons. The van der Waals surface area contributed by atoms with E-state index in [1.165, 1.54) is 0 Å². The quantitative estimate of drug-likeness (QED) is 0.699. The Morgan fingerprint density at radius 2 is 1.93 bits per heavy atom. The van der Waals surface area contributed by atoms with E-state index in [1.54, 1.807) is 0 Å². The molecule has 0 bridgehead atoms. The van der Waals surface area contributed by atoms with Crippen molar-refractivity contribution in [3.63, 3.8) is 0 Å². The van der Waals surface area contributed by atoms with Crippen molar-refractivity contribution in [3.8, 4) is 0 Å². The van der Waals surface area contributed by atoms with Crippen LogP contribution in [0.4, 0.5) is 0 Å². The zero-order valence-corrected chi connectivity index (χ0v) is 8.66. The topological polar surface area (TPSA) is 41.5 Å². The van der Waals surface area contributed by atoms with Crippen LogP contribution in [0.3, 0.4) is 0 Å². The Morgan fingerprint density at radius 3 is 2.50 bits per heavy atom. The van der Waals surface area contributed by atoms with Gasteiger partial charge in [-0.25, -0.2) is 0 Å². The second kappa shape index (κ2) is 5.10. The molecule has 0 aliphatic heterocycles. The fourth-order valence-electron chi connectivity index (χ4n) is 0.921. The van der Waals surface area contributed by atoms with Gasteiger partial charge in [-0.05, 0) is 19.4 Å². The van der Waals surface area contributed by atoms with Gasteiger partial charge in [0.15, 0.2) is 0 Å². The van der Waals surface area contributed by atoms with Crippen LogP contribution in [0.1, 0.15) is 19.4 Å². The third kappa shape index (κ3) is 3.87. The van der Waals surface area contributed by atoms with Gasteiger partial charge >= 0.3 is 0 Å². The molecule has 14 heavy (non-hydrogen) atoms. The zero-order chi connectivity index (χ0) is 10.4. The molecule has 3 nitrogen and oxygen atoms in total. The number of aliphatic hydroxyl groups excluding tert-OH is 1. The number of hydrogen-bond acceptors (Lipinski definition) is 3. The van der Waals surface area contributed by atoms with Gasteiger partial charge in [-0.2, -0.15) is 5.48 Å². The summed E-state index contributed by atoms with van der Waals surface area (Å²) in [5, 5.41) is 8.95. The van der Waals surface area contributed by atoms with Crippen LogP contribution in [0.2, 0.25) is 0 Å². The Morgan fingerprint density at radius 1 is 1.29 bits per heavy atom. The number of hydrogen-bond donors (Lipinski definition) is 2. The van der Waals surface area contributed by atoms with E-state index in [2.05, 4.69) is 5.48 Å². The van der Waals surface area contributed by atoms with Gasteiger partial charge in [-0.15, -0.1) is 0 Å². The number of rotatable bonds is 5. The van der Waals surface area contributed by atoms with E-state index in [0.29, 0.717) is 6.61 Å². The van der Waals surface area contributed by atoms with Gasteiger partial charge in [0.2, 0.25) is 0 Å². The van der Waals surface area contributed by atoms with Gasteiger partial charge in [-0.3, -0.25) is 4.84 Å². The van der Waals surface area contributed by atoms with Gasteiger partial charge in [0.05, 0.1) is 18.8 Å². The molecule has 0 heterocycles. The Bertz CT molecular complexity index is 259. The van der Waals surface area contributed by atoms with Crippen molar-refractivity contribution < 1.29 is 9.94 Å². The first-order chi connectivity index (χ1) is 6.64. The van der Waals surface area contributed by atoms with Gasteiger partial charge in [0, 0.05) is 0 Å². The van der Waals surface area contributed by atoms with E-state index in [0.717, 1.165) is 5.56 Å². The van der Waals surface area contributed by atoms with Crippen LogP contribution in [-0.4, -0.2) is 17.3 Å². The highest BCUT2D eigenvalue weighted by Gasteiger charge is 2.15.